The van der Waals surface area contributed by atoms with E-state index in [1.807, 2.05) is 57.4 Å². The number of hydrogen-bond acceptors (Lipinski definition) is 4. The van der Waals surface area contributed by atoms with E-state index in [0.717, 1.165) is 29.7 Å². The Bertz CT molecular complexity index is 1100. The van der Waals surface area contributed by atoms with Crippen LogP contribution < -0.4 is 4.74 Å². The number of benzene rings is 2. The second-order valence-electron chi connectivity index (χ2n) is 9.64. The Kier molecular flexibility index (Phi) is 9.43. The number of carbonyl (C=O) groups excluding carboxylic acids is 1. The fraction of sp³-hybridized carbons (Fsp3) is 0.414. The highest BCUT2D eigenvalue weighted by atomic mass is 19.4. The Morgan fingerprint density at radius 1 is 1.05 bits per heavy atom. The van der Waals surface area contributed by atoms with Gasteiger partial charge < -0.3 is 19.3 Å². The molecule has 0 aromatic heterocycles. The second kappa shape index (κ2) is 12.3. The number of likely N-dealkylation sites (N-methyl/N-ethyl adjacent to an activating group) is 1. The van der Waals surface area contributed by atoms with Crippen LogP contribution in [0.25, 0.3) is 0 Å². The quantitative estimate of drug-likeness (QED) is 0.357. The average molecular weight is 517 g/mol. The highest BCUT2D eigenvalue weighted by molar-refractivity contribution is 5.68. The Morgan fingerprint density at radius 2 is 1.70 bits per heavy atom. The summed E-state index contributed by atoms with van der Waals surface area (Å²) in [5, 5.41) is 0. The molecule has 0 spiro atoms. The van der Waals surface area contributed by atoms with E-state index in [-0.39, 0.29) is 12.0 Å². The molecule has 0 bridgehead atoms. The van der Waals surface area contributed by atoms with E-state index < -0.39 is 23.9 Å². The molecule has 0 radical (unpaired) electrons. The van der Waals surface area contributed by atoms with E-state index in [1.54, 1.807) is 7.05 Å². The molecule has 1 aliphatic rings. The third-order valence-electron chi connectivity index (χ3n) is 6.63. The molecule has 2 unspecified atom stereocenters. The van der Waals surface area contributed by atoms with E-state index in [4.69, 9.17) is 9.47 Å². The Labute approximate surface area is 217 Å². The van der Waals surface area contributed by atoms with Crippen molar-refractivity contribution < 1.29 is 27.4 Å². The number of alkyl halides is 3. The minimum Gasteiger partial charge on any atom is -0.486 e. The van der Waals surface area contributed by atoms with Gasteiger partial charge in [-0.15, -0.1) is 0 Å². The SMILES string of the molecule is CC1CC=C([C@H](C)N(C)C)C=C1OC(=O)N(C)CCC(Oc1ccc(C(F)(F)F)cc1)c1ccccc1. The molecule has 0 fully saturated rings. The van der Waals surface area contributed by atoms with Gasteiger partial charge in [0.15, 0.2) is 0 Å². The summed E-state index contributed by atoms with van der Waals surface area (Å²) in [6, 6.07) is 14.2. The summed E-state index contributed by atoms with van der Waals surface area (Å²) >= 11 is 0. The lowest BCUT2D eigenvalue weighted by Gasteiger charge is -2.28. The predicted octanol–water partition coefficient (Wildman–Crippen LogP) is 7.08. The molecule has 1 aliphatic carbocycles. The molecule has 0 saturated heterocycles. The minimum atomic E-state index is -4.41. The van der Waals surface area contributed by atoms with Crippen molar-refractivity contribution in [3.05, 3.63) is 89.2 Å². The van der Waals surface area contributed by atoms with Crippen LogP contribution in [0, 0.1) is 5.92 Å². The molecule has 1 amide bonds. The number of allylic oxidation sites excluding steroid dienone is 2. The molecular weight excluding hydrogens is 481 g/mol. The van der Waals surface area contributed by atoms with Crippen LogP contribution in [0.15, 0.2) is 78.1 Å². The first kappa shape index (κ1) is 28.3. The van der Waals surface area contributed by atoms with Gasteiger partial charge in [-0.1, -0.05) is 43.3 Å². The molecule has 200 valence electrons. The van der Waals surface area contributed by atoms with E-state index in [1.165, 1.54) is 17.0 Å². The van der Waals surface area contributed by atoms with Crippen LogP contribution in [-0.2, 0) is 10.9 Å². The highest BCUT2D eigenvalue weighted by Gasteiger charge is 2.30. The predicted molar refractivity (Wildman–Crippen MR) is 138 cm³/mol. The molecule has 2 aromatic rings. The maximum atomic E-state index is 12.9. The fourth-order valence-electron chi connectivity index (χ4n) is 3.94. The zero-order valence-electron chi connectivity index (χ0n) is 22.0. The highest BCUT2D eigenvalue weighted by Crippen LogP contribution is 2.32. The van der Waals surface area contributed by atoms with Crippen LogP contribution in [0.4, 0.5) is 18.0 Å². The summed E-state index contributed by atoms with van der Waals surface area (Å²) in [4.78, 5) is 16.5. The summed E-state index contributed by atoms with van der Waals surface area (Å²) in [6.07, 6.45) is 0.0216. The van der Waals surface area contributed by atoms with Gasteiger partial charge in [0, 0.05) is 32.0 Å². The molecule has 8 heteroatoms. The zero-order chi connectivity index (χ0) is 27.2. The van der Waals surface area contributed by atoms with Gasteiger partial charge in [0.1, 0.15) is 17.6 Å². The van der Waals surface area contributed by atoms with Gasteiger partial charge in [-0.3, -0.25) is 0 Å². The van der Waals surface area contributed by atoms with Crippen LogP contribution in [0.3, 0.4) is 0 Å². The maximum absolute atomic E-state index is 12.9. The fourth-order valence-corrected chi connectivity index (χ4v) is 3.94. The van der Waals surface area contributed by atoms with Crippen molar-refractivity contribution in [3.8, 4) is 5.75 Å². The van der Waals surface area contributed by atoms with E-state index in [0.29, 0.717) is 24.5 Å². The smallest absolute Gasteiger partial charge is 0.416 e. The Hall–Kier alpha value is -3.26. The molecule has 3 rings (SSSR count). The van der Waals surface area contributed by atoms with Crippen LogP contribution in [0.1, 0.15) is 43.9 Å². The van der Waals surface area contributed by atoms with Crippen LogP contribution in [-0.4, -0.2) is 49.6 Å². The first-order chi connectivity index (χ1) is 17.5. The number of nitrogens with zero attached hydrogens (tertiary/aromatic N) is 2. The van der Waals surface area contributed by atoms with Gasteiger partial charge in [-0.25, -0.2) is 4.79 Å². The number of hydrogen-bond donors (Lipinski definition) is 0. The molecule has 0 aliphatic heterocycles. The molecule has 3 atom stereocenters. The molecule has 0 saturated carbocycles. The van der Waals surface area contributed by atoms with E-state index in [9.17, 15) is 18.0 Å². The number of amides is 1. The van der Waals surface area contributed by atoms with E-state index in [2.05, 4.69) is 17.9 Å². The van der Waals surface area contributed by atoms with Crippen molar-refractivity contribution in [2.75, 3.05) is 27.7 Å². The van der Waals surface area contributed by atoms with E-state index >= 15 is 0 Å². The number of carbonyl (C=O) groups is 1. The molecule has 2 aromatic carbocycles. The minimum absolute atomic E-state index is 0.0931. The summed E-state index contributed by atoms with van der Waals surface area (Å²) in [5.74, 6) is 1.06. The lowest BCUT2D eigenvalue weighted by molar-refractivity contribution is -0.137. The molecule has 37 heavy (non-hydrogen) atoms. The first-order valence-electron chi connectivity index (χ1n) is 12.4. The summed E-state index contributed by atoms with van der Waals surface area (Å²) in [7, 11) is 5.68. The van der Waals surface area contributed by atoms with Crippen molar-refractivity contribution in [1.82, 2.24) is 9.80 Å². The molecule has 5 nitrogen and oxygen atoms in total. The lowest BCUT2D eigenvalue weighted by Crippen LogP contribution is -2.31. The average Bonchev–Trinajstić information content (AvgIpc) is 2.87. The monoisotopic (exact) mass is 516 g/mol. The number of halogens is 3. The van der Waals surface area contributed by atoms with Gasteiger partial charge in [0.05, 0.1) is 5.56 Å². The first-order valence-corrected chi connectivity index (χ1v) is 12.4. The van der Waals surface area contributed by atoms with Crippen LogP contribution >= 0.6 is 0 Å². The zero-order valence-corrected chi connectivity index (χ0v) is 22.0. The summed E-state index contributed by atoms with van der Waals surface area (Å²) in [6.45, 7) is 4.46. The van der Waals surface area contributed by atoms with Gasteiger partial charge in [-0.2, -0.15) is 13.2 Å². The summed E-state index contributed by atoms with van der Waals surface area (Å²) < 4.78 is 50.6. The van der Waals surface area contributed by atoms with Gasteiger partial charge in [0.2, 0.25) is 0 Å². The largest absolute Gasteiger partial charge is 0.486 e. The molecule has 0 N–H and O–H groups in total. The Balaban J connectivity index is 1.66. The molecular formula is C29H35F3N2O3. The topological polar surface area (TPSA) is 42.0 Å². The normalized spacial score (nSPS) is 17.5. The number of rotatable bonds is 9. The third-order valence-corrected chi connectivity index (χ3v) is 6.63. The molecule has 0 heterocycles. The lowest BCUT2D eigenvalue weighted by atomic mass is 9.93. The maximum Gasteiger partial charge on any atom is 0.416 e. The van der Waals surface area contributed by atoms with Crippen molar-refractivity contribution in [2.45, 2.75) is 45.0 Å². The Morgan fingerprint density at radius 3 is 2.30 bits per heavy atom. The number of ether oxygens (including phenoxy) is 2. The standard InChI is InChI=1S/C29H35F3N2O3/c1-20-11-12-23(21(2)33(3)4)19-27(20)37-28(35)34(5)18-17-26(22-9-7-6-8-10-22)36-25-15-13-24(14-16-25)29(30,31)32/h6-10,12-16,19-21,26H,11,17-18H2,1-5H3/t20?,21-,26?/m0/s1. The van der Waals surface area contributed by atoms with Crippen molar-refractivity contribution in [1.29, 1.82) is 0 Å². The van der Waals surface area contributed by atoms with Gasteiger partial charge >= 0.3 is 12.3 Å². The van der Waals surface area contributed by atoms with Gasteiger partial charge in [0.25, 0.3) is 0 Å². The summed E-state index contributed by atoms with van der Waals surface area (Å²) in [5.41, 5.74) is 1.24. The van der Waals surface area contributed by atoms with Crippen LogP contribution in [0.2, 0.25) is 0 Å². The van der Waals surface area contributed by atoms with Gasteiger partial charge in [-0.05, 0) is 68.9 Å². The van der Waals surface area contributed by atoms with Crippen molar-refractivity contribution >= 4 is 6.09 Å². The second-order valence-corrected chi connectivity index (χ2v) is 9.64. The van der Waals surface area contributed by atoms with Crippen molar-refractivity contribution in [2.24, 2.45) is 5.92 Å². The third kappa shape index (κ3) is 7.86. The van der Waals surface area contributed by atoms with Crippen LogP contribution in [0.5, 0.6) is 5.75 Å². The van der Waals surface area contributed by atoms with Crippen molar-refractivity contribution in [3.63, 3.8) is 0 Å².